The number of rotatable bonds is 5. The minimum atomic E-state index is -1.33. The first-order chi connectivity index (χ1) is 11.5. The van der Waals surface area contributed by atoms with Gasteiger partial charge in [-0.3, -0.25) is 14.8 Å². The van der Waals surface area contributed by atoms with E-state index in [0.717, 1.165) is 10.7 Å². The number of aliphatic hydroxyl groups is 2. The first-order valence-electron chi connectivity index (χ1n) is 7.78. The maximum absolute atomic E-state index is 11.9. The Morgan fingerprint density at radius 2 is 2.46 bits per heavy atom. The van der Waals surface area contributed by atoms with Gasteiger partial charge in [0.1, 0.15) is 11.3 Å². The predicted molar refractivity (Wildman–Crippen MR) is 88.6 cm³/mol. The van der Waals surface area contributed by atoms with Crippen molar-refractivity contribution in [1.82, 2.24) is 25.4 Å². The third-order valence-corrected chi connectivity index (χ3v) is 5.09. The third-order valence-electron chi connectivity index (χ3n) is 4.26. The van der Waals surface area contributed by atoms with E-state index >= 15 is 0 Å². The highest BCUT2D eigenvalue weighted by Gasteiger charge is 2.41. The predicted octanol–water partition coefficient (Wildman–Crippen LogP) is -0.0977. The molecule has 1 fully saturated rings. The van der Waals surface area contributed by atoms with Gasteiger partial charge < -0.3 is 15.5 Å². The zero-order chi connectivity index (χ0) is 17.2. The standard InChI is InChI=1S/C15H21N5O3S/c1-10-18-11(8-24-10)6-20-5-3-15(23,13(21)7-20)9-16-14(22)12-2-4-17-19-12/h2,4,8,13,21,23H,3,5-7,9H2,1H3,(H,16,22)(H,17,19)/t13-,15-/m1/s1. The van der Waals surface area contributed by atoms with Crippen LogP contribution in [-0.4, -0.2) is 67.5 Å². The van der Waals surface area contributed by atoms with Crippen LogP contribution >= 0.6 is 11.3 Å². The maximum Gasteiger partial charge on any atom is 0.269 e. The molecule has 0 bridgehead atoms. The van der Waals surface area contributed by atoms with Gasteiger partial charge in [0.15, 0.2) is 0 Å². The zero-order valence-corrected chi connectivity index (χ0v) is 14.2. The van der Waals surface area contributed by atoms with Gasteiger partial charge in [0.05, 0.1) is 16.8 Å². The lowest BCUT2D eigenvalue weighted by Crippen LogP contribution is -2.60. The molecule has 9 heteroatoms. The number of aryl methyl sites for hydroxylation is 1. The largest absolute Gasteiger partial charge is 0.389 e. The van der Waals surface area contributed by atoms with Gasteiger partial charge in [0.2, 0.25) is 0 Å². The minimum absolute atomic E-state index is 0.00430. The van der Waals surface area contributed by atoms with Crippen LogP contribution < -0.4 is 5.32 Å². The average molecular weight is 351 g/mol. The summed E-state index contributed by atoms with van der Waals surface area (Å²) >= 11 is 1.60. The normalized spacial score (nSPS) is 24.9. The van der Waals surface area contributed by atoms with Crippen LogP contribution in [0.15, 0.2) is 17.6 Å². The zero-order valence-electron chi connectivity index (χ0n) is 13.4. The number of nitrogens with one attached hydrogen (secondary N) is 2. The number of likely N-dealkylation sites (tertiary alicyclic amines) is 1. The third kappa shape index (κ3) is 3.81. The van der Waals surface area contributed by atoms with Crippen LogP contribution in [0.25, 0.3) is 0 Å². The molecule has 0 aliphatic carbocycles. The Bertz CT molecular complexity index is 689. The number of hydrogen-bond acceptors (Lipinski definition) is 7. The van der Waals surface area contributed by atoms with E-state index in [9.17, 15) is 15.0 Å². The summed E-state index contributed by atoms with van der Waals surface area (Å²) in [4.78, 5) is 18.4. The molecule has 1 saturated heterocycles. The number of hydrogen-bond donors (Lipinski definition) is 4. The number of carbonyl (C=O) groups excluding carboxylic acids is 1. The summed E-state index contributed by atoms with van der Waals surface area (Å²) < 4.78 is 0. The fraction of sp³-hybridized carbons (Fsp3) is 0.533. The SMILES string of the molecule is Cc1nc(CN2CC[C@@](O)(CNC(=O)c3ccn[nH]3)[C@H](O)C2)cs1. The van der Waals surface area contributed by atoms with Gasteiger partial charge in [0, 0.05) is 37.8 Å². The van der Waals surface area contributed by atoms with E-state index in [1.165, 1.54) is 6.20 Å². The number of thiazole rings is 1. The average Bonchev–Trinajstić information content (AvgIpc) is 3.21. The first-order valence-corrected chi connectivity index (χ1v) is 8.65. The number of H-pyrrole nitrogens is 1. The van der Waals surface area contributed by atoms with E-state index in [4.69, 9.17) is 0 Å². The molecule has 0 spiro atoms. The highest BCUT2D eigenvalue weighted by Crippen LogP contribution is 2.24. The number of piperidine rings is 1. The monoisotopic (exact) mass is 351 g/mol. The van der Waals surface area contributed by atoms with E-state index in [1.54, 1.807) is 17.4 Å². The molecule has 0 unspecified atom stereocenters. The molecule has 2 atom stereocenters. The summed E-state index contributed by atoms with van der Waals surface area (Å²) in [6.45, 7) is 3.57. The van der Waals surface area contributed by atoms with Gasteiger partial charge in [-0.25, -0.2) is 4.98 Å². The summed E-state index contributed by atoms with van der Waals surface area (Å²) in [5, 5.41) is 32.9. The number of nitrogens with zero attached hydrogens (tertiary/aromatic N) is 3. The van der Waals surface area contributed by atoms with Gasteiger partial charge in [0.25, 0.3) is 5.91 Å². The summed E-state index contributed by atoms with van der Waals surface area (Å²) in [7, 11) is 0. The van der Waals surface area contributed by atoms with E-state index in [2.05, 4.69) is 25.4 Å². The number of amides is 1. The van der Waals surface area contributed by atoms with Crippen molar-refractivity contribution in [2.24, 2.45) is 0 Å². The second-order valence-corrected chi connectivity index (χ2v) is 7.18. The summed E-state index contributed by atoms with van der Waals surface area (Å²) in [6.07, 6.45) is 0.922. The van der Waals surface area contributed by atoms with Crippen LogP contribution in [0, 0.1) is 6.92 Å². The number of β-amino-alcohol motifs (C(OH)–C–C–N with tert-alkyl or cyclic N) is 1. The lowest BCUT2D eigenvalue weighted by Gasteiger charge is -2.41. The Labute approximate surface area is 143 Å². The molecule has 1 aliphatic rings. The van der Waals surface area contributed by atoms with Crippen molar-refractivity contribution >= 4 is 17.2 Å². The first kappa shape index (κ1) is 17.0. The van der Waals surface area contributed by atoms with Crippen molar-refractivity contribution in [3.8, 4) is 0 Å². The van der Waals surface area contributed by atoms with Crippen molar-refractivity contribution in [3.63, 3.8) is 0 Å². The van der Waals surface area contributed by atoms with Crippen LogP contribution in [-0.2, 0) is 6.54 Å². The summed E-state index contributed by atoms with van der Waals surface area (Å²) in [6, 6.07) is 1.55. The molecule has 3 heterocycles. The molecule has 24 heavy (non-hydrogen) atoms. The highest BCUT2D eigenvalue weighted by molar-refractivity contribution is 7.09. The number of carbonyl (C=O) groups is 1. The van der Waals surface area contributed by atoms with Crippen molar-refractivity contribution in [3.05, 3.63) is 34.0 Å². The fourth-order valence-corrected chi connectivity index (χ4v) is 3.40. The quantitative estimate of drug-likeness (QED) is 0.598. The molecule has 0 radical (unpaired) electrons. The summed E-state index contributed by atoms with van der Waals surface area (Å²) in [5.74, 6) is -0.353. The molecule has 130 valence electrons. The lowest BCUT2D eigenvalue weighted by atomic mass is 9.88. The molecule has 1 aliphatic heterocycles. The minimum Gasteiger partial charge on any atom is -0.389 e. The highest BCUT2D eigenvalue weighted by atomic mass is 32.1. The van der Waals surface area contributed by atoms with Crippen LogP contribution in [0.3, 0.4) is 0 Å². The second kappa shape index (κ2) is 6.98. The molecule has 4 N–H and O–H groups in total. The van der Waals surface area contributed by atoms with E-state index in [1.807, 2.05) is 12.3 Å². The van der Waals surface area contributed by atoms with Gasteiger partial charge >= 0.3 is 0 Å². The Hall–Kier alpha value is -1.81. The molecule has 0 aromatic carbocycles. The Morgan fingerprint density at radius 1 is 1.62 bits per heavy atom. The number of aliphatic hydroxyl groups excluding tert-OH is 1. The van der Waals surface area contributed by atoms with Crippen molar-refractivity contribution < 1.29 is 15.0 Å². The Morgan fingerprint density at radius 3 is 3.08 bits per heavy atom. The van der Waals surface area contributed by atoms with E-state index < -0.39 is 11.7 Å². The summed E-state index contributed by atoms with van der Waals surface area (Å²) in [5.41, 5.74) is -0.0309. The van der Waals surface area contributed by atoms with E-state index in [-0.39, 0.29) is 12.5 Å². The molecule has 0 saturated carbocycles. The van der Waals surface area contributed by atoms with Crippen LogP contribution in [0.2, 0.25) is 0 Å². The van der Waals surface area contributed by atoms with Crippen molar-refractivity contribution in [1.29, 1.82) is 0 Å². The molecule has 2 aromatic rings. The number of aromatic nitrogens is 3. The van der Waals surface area contributed by atoms with E-state index in [0.29, 0.717) is 31.7 Å². The Kier molecular flexibility index (Phi) is 4.95. The van der Waals surface area contributed by atoms with Gasteiger partial charge in [-0.2, -0.15) is 5.10 Å². The van der Waals surface area contributed by atoms with Crippen molar-refractivity contribution in [2.45, 2.75) is 31.6 Å². The van der Waals surface area contributed by atoms with Gasteiger partial charge in [-0.05, 0) is 19.4 Å². The number of aromatic amines is 1. The van der Waals surface area contributed by atoms with Crippen LogP contribution in [0.5, 0.6) is 0 Å². The van der Waals surface area contributed by atoms with Gasteiger partial charge in [-0.1, -0.05) is 0 Å². The molecule has 2 aromatic heterocycles. The molecule has 3 rings (SSSR count). The van der Waals surface area contributed by atoms with Crippen LogP contribution in [0.1, 0.15) is 27.6 Å². The molecule has 8 nitrogen and oxygen atoms in total. The maximum atomic E-state index is 11.9. The molecular weight excluding hydrogens is 330 g/mol. The fourth-order valence-electron chi connectivity index (χ4n) is 2.79. The Balaban J connectivity index is 1.53. The van der Waals surface area contributed by atoms with Crippen molar-refractivity contribution in [2.75, 3.05) is 19.6 Å². The van der Waals surface area contributed by atoms with Crippen LogP contribution in [0.4, 0.5) is 0 Å². The molecular formula is C15H21N5O3S. The topological polar surface area (TPSA) is 114 Å². The lowest BCUT2D eigenvalue weighted by molar-refractivity contribution is -0.117. The molecule has 1 amide bonds. The van der Waals surface area contributed by atoms with Gasteiger partial charge in [-0.15, -0.1) is 11.3 Å². The smallest absolute Gasteiger partial charge is 0.269 e. The second-order valence-electron chi connectivity index (χ2n) is 6.12.